The van der Waals surface area contributed by atoms with Crippen molar-refractivity contribution in [3.8, 4) is 5.75 Å². The number of nitrogens with one attached hydrogen (secondary N) is 1. The van der Waals surface area contributed by atoms with Crippen molar-refractivity contribution >= 4 is 22.9 Å². The lowest BCUT2D eigenvalue weighted by atomic mass is 9.89. The SMILES string of the molecule is COc1ccc(NC(=O)c2nnc3n2C[C@@H]2CN(Cc4nccs4)C[C@@H]2C3)cc1. The number of rotatable bonds is 5. The molecule has 9 heteroatoms. The van der Waals surface area contributed by atoms with E-state index in [0.717, 1.165) is 49.2 Å². The van der Waals surface area contributed by atoms with Crippen LogP contribution in [-0.4, -0.2) is 50.8 Å². The van der Waals surface area contributed by atoms with E-state index in [0.29, 0.717) is 23.3 Å². The van der Waals surface area contributed by atoms with Crippen molar-refractivity contribution in [3.05, 3.63) is 52.5 Å². The molecule has 1 saturated heterocycles. The summed E-state index contributed by atoms with van der Waals surface area (Å²) in [5.74, 6) is 2.87. The Morgan fingerprint density at radius 3 is 2.79 bits per heavy atom. The van der Waals surface area contributed by atoms with Gasteiger partial charge in [-0.1, -0.05) is 0 Å². The summed E-state index contributed by atoms with van der Waals surface area (Å²) in [5, 5.41) is 14.6. The molecule has 0 saturated carbocycles. The van der Waals surface area contributed by atoms with Gasteiger partial charge in [0.25, 0.3) is 5.91 Å². The molecule has 2 aliphatic rings. The van der Waals surface area contributed by atoms with Crippen LogP contribution in [0.2, 0.25) is 0 Å². The Labute approximate surface area is 172 Å². The van der Waals surface area contributed by atoms with Crippen LogP contribution in [0.15, 0.2) is 35.8 Å². The molecule has 2 aromatic heterocycles. The molecule has 4 heterocycles. The molecule has 0 aliphatic carbocycles. The number of hydrogen-bond acceptors (Lipinski definition) is 7. The van der Waals surface area contributed by atoms with E-state index in [1.165, 1.54) is 0 Å². The van der Waals surface area contributed by atoms with E-state index in [1.54, 1.807) is 18.4 Å². The van der Waals surface area contributed by atoms with Crippen LogP contribution in [-0.2, 0) is 19.5 Å². The smallest absolute Gasteiger partial charge is 0.293 e. The molecule has 0 bridgehead atoms. The number of ether oxygens (including phenoxy) is 1. The number of aromatic nitrogens is 4. The van der Waals surface area contributed by atoms with Crippen molar-refractivity contribution < 1.29 is 9.53 Å². The molecule has 29 heavy (non-hydrogen) atoms. The first kappa shape index (κ1) is 18.3. The minimum atomic E-state index is -0.231. The number of anilines is 1. The minimum absolute atomic E-state index is 0.231. The van der Waals surface area contributed by atoms with Crippen LogP contribution in [0.5, 0.6) is 5.75 Å². The van der Waals surface area contributed by atoms with Gasteiger partial charge in [0, 0.05) is 43.3 Å². The Balaban J connectivity index is 1.27. The van der Waals surface area contributed by atoms with Gasteiger partial charge in [0.2, 0.25) is 5.82 Å². The highest BCUT2D eigenvalue weighted by molar-refractivity contribution is 7.09. The third-order valence-corrected chi connectivity index (χ3v) is 6.50. The fraction of sp³-hybridized carbons (Fsp3) is 0.400. The predicted molar refractivity (Wildman–Crippen MR) is 109 cm³/mol. The Morgan fingerprint density at radius 1 is 1.21 bits per heavy atom. The molecule has 0 unspecified atom stereocenters. The van der Waals surface area contributed by atoms with Gasteiger partial charge in [-0.05, 0) is 36.1 Å². The van der Waals surface area contributed by atoms with Crippen molar-refractivity contribution in [3.63, 3.8) is 0 Å². The second kappa shape index (κ2) is 7.57. The Morgan fingerprint density at radius 2 is 2.03 bits per heavy atom. The summed E-state index contributed by atoms with van der Waals surface area (Å²) in [6, 6.07) is 7.26. The zero-order valence-electron chi connectivity index (χ0n) is 16.1. The fourth-order valence-corrected chi connectivity index (χ4v) is 4.96. The van der Waals surface area contributed by atoms with Gasteiger partial charge in [-0.3, -0.25) is 9.69 Å². The largest absolute Gasteiger partial charge is 0.497 e. The lowest BCUT2D eigenvalue weighted by molar-refractivity contribution is 0.100. The molecule has 0 spiro atoms. The third-order valence-electron chi connectivity index (χ3n) is 5.73. The van der Waals surface area contributed by atoms with Gasteiger partial charge in [0.1, 0.15) is 16.6 Å². The summed E-state index contributed by atoms with van der Waals surface area (Å²) in [6.45, 7) is 3.74. The highest BCUT2D eigenvalue weighted by atomic mass is 32.1. The first-order chi connectivity index (χ1) is 14.2. The van der Waals surface area contributed by atoms with Gasteiger partial charge >= 0.3 is 0 Å². The van der Waals surface area contributed by atoms with Crippen molar-refractivity contribution in [1.29, 1.82) is 0 Å². The number of carbonyl (C=O) groups excluding carboxylic acids is 1. The topological polar surface area (TPSA) is 85.2 Å². The van der Waals surface area contributed by atoms with E-state index < -0.39 is 0 Å². The van der Waals surface area contributed by atoms with Crippen LogP contribution < -0.4 is 10.1 Å². The van der Waals surface area contributed by atoms with Gasteiger partial charge in [-0.2, -0.15) is 0 Å². The first-order valence-corrected chi connectivity index (χ1v) is 10.6. The highest BCUT2D eigenvalue weighted by Gasteiger charge is 2.39. The Kier molecular flexibility index (Phi) is 4.76. The van der Waals surface area contributed by atoms with Gasteiger partial charge in [-0.25, -0.2) is 4.98 Å². The Bertz CT molecular complexity index is 1000. The van der Waals surface area contributed by atoms with Gasteiger partial charge in [0.15, 0.2) is 0 Å². The van der Waals surface area contributed by atoms with Crippen molar-refractivity contribution in [2.75, 3.05) is 25.5 Å². The van der Waals surface area contributed by atoms with Crippen LogP contribution >= 0.6 is 11.3 Å². The monoisotopic (exact) mass is 410 g/mol. The third kappa shape index (κ3) is 3.63. The number of amides is 1. The summed E-state index contributed by atoms with van der Waals surface area (Å²) in [5.41, 5.74) is 0.706. The normalized spacial score (nSPS) is 20.9. The maximum Gasteiger partial charge on any atom is 0.293 e. The van der Waals surface area contributed by atoms with Crippen LogP contribution in [0, 0.1) is 11.8 Å². The average molecular weight is 411 g/mol. The van der Waals surface area contributed by atoms with Crippen molar-refractivity contribution in [2.45, 2.75) is 19.5 Å². The zero-order valence-corrected chi connectivity index (χ0v) is 16.9. The summed E-state index contributed by atoms with van der Waals surface area (Å²) in [7, 11) is 1.62. The maximum absolute atomic E-state index is 12.8. The second-order valence-electron chi connectivity index (χ2n) is 7.58. The first-order valence-electron chi connectivity index (χ1n) is 9.68. The van der Waals surface area contributed by atoms with Crippen LogP contribution in [0.4, 0.5) is 5.69 Å². The molecule has 1 amide bonds. The molecule has 1 aromatic carbocycles. The van der Waals surface area contributed by atoms with Crippen LogP contribution in [0.3, 0.4) is 0 Å². The quantitative estimate of drug-likeness (QED) is 0.695. The molecule has 5 rings (SSSR count). The van der Waals surface area contributed by atoms with E-state index in [9.17, 15) is 4.79 Å². The molecule has 0 radical (unpaired) electrons. The second-order valence-corrected chi connectivity index (χ2v) is 8.56. The summed E-state index contributed by atoms with van der Waals surface area (Å²) in [6.07, 6.45) is 2.72. The number of benzene rings is 1. The number of nitrogens with zero attached hydrogens (tertiary/aromatic N) is 5. The molecule has 2 aliphatic heterocycles. The van der Waals surface area contributed by atoms with Crippen LogP contribution in [0.1, 0.15) is 21.5 Å². The van der Waals surface area contributed by atoms with E-state index in [2.05, 4.69) is 25.4 Å². The number of hydrogen-bond donors (Lipinski definition) is 1. The summed E-state index contributed by atoms with van der Waals surface area (Å²) in [4.78, 5) is 19.7. The van der Waals surface area contributed by atoms with E-state index in [4.69, 9.17) is 4.74 Å². The average Bonchev–Trinajstić information content (AvgIpc) is 3.46. The zero-order chi connectivity index (χ0) is 19.8. The van der Waals surface area contributed by atoms with Crippen molar-refractivity contribution in [2.24, 2.45) is 11.8 Å². The molecule has 8 nitrogen and oxygen atoms in total. The lowest BCUT2D eigenvalue weighted by Gasteiger charge is -2.25. The van der Waals surface area contributed by atoms with Crippen LogP contribution in [0.25, 0.3) is 0 Å². The van der Waals surface area contributed by atoms with Gasteiger partial charge < -0.3 is 14.6 Å². The summed E-state index contributed by atoms with van der Waals surface area (Å²) < 4.78 is 7.15. The number of thiazole rings is 1. The van der Waals surface area contributed by atoms with Gasteiger partial charge in [0.05, 0.1) is 13.7 Å². The summed E-state index contributed by atoms with van der Waals surface area (Å²) >= 11 is 1.70. The highest BCUT2D eigenvalue weighted by Crippen LogP contribution is 2.33. The number of methoxy groups -OCH3 is 1. The van der Waals surface area contributed by atoms with Gasteiger partial charge in [-0.15, -0.1) is 21.5 Å². The number of likely N-dealkylation sites (tertiary alicyclic amines) is 1. The van der Waals surface area contributed by atoms with Crippen molar-refractivity contribution in [1.82, 2.24) is 24.6 Å². The number of carbonyl (C=O) groups is 1. The molecular weight excluding hydrogens is 388 g/mol. The number of fused-ring (bicyclic) bond motifs is 2. The maximum atomic E-state index is 12.8. The molecule has 1 N–H and O–H groups in total. The molecule has 1 fully saturated rings. The molecule has 2 atom stereocenters. The lowest BCUT2D eigenvalue weighted by Crippen LogP contribution is -2.31. The van der Waals surface area contributed by atoms with E-state index in [1.807, 2.05) is 40.4 Å². The van der Waals surface area contributed by atoms with E-state index >= 15 is 0 Å². The molecule has 150 valence electrons. The fourth-order valence-electron chi connectivity index (χ4n) is 4.30. The molecule has 3 aromatic rings. The van der Waals surface area contributed by atoms with E-state index in [-0.39, 0.29) is 5.91 Å². The molecular formula is C20H22N6O2S. The minimum Gasteiger partial charge on any atom is -0.497 e. The predicted octanol–water partition coefficient (Wildman–Crippen LogP) is 2.30. The standard InChI is InChI=1S/C20H22N6O2S/c1-28-16-4-2-15(3-5-16)22-20(27)19-24-23-17-8-13-9-25(10-14(13)11-26(17)19)12-18-21-6-7-29-18/h2-7,13-14H,8-12H2,1H3,(H,22,27)/t13-,14-/m0/s1. The Hall–Kier alpha value is -2.78.